The minimum atomic E-state index is -0.369. The van der Waals surface area contributed by atoms with Gasteiger partial charge in [0.05, 0.1) is 5.57 Å². The van der Waals surface area contributed by atoms with Crippen LogP contribution in [0.15, 0.2) is 54.1 Å². The Bertz CT molecular complexity index is 902. The van der Waals surface area contributed by atoms with Crippen LogP contribution in [0.2, 0.25) is 0 Å². The summed E-state index contributed by atoms with van der Waals surface area (Å²) in [6.45, 7) is 3.95. The van der Waals surface area contributed by atoms with Gasteiger partial charge in [0.15, 0.2) is 11.5 Å². The Kier molecular flexibility index (Phi) is 3.77. The van der Waals surface area contributed by atoms with Crippen LogP contribution in [0.3, 0.4) is 0 Å². The SMILES string of the molecule is C=CCN1C(=O)C(Nc2ccc3c(c2)OCO3)=C(c2cccs2)C1=O. The normalized spacial score (nSPS) is 15.9. The Hall–Kier alpha value is -3.06. The Morgan fingerprint density at radius 2 is 2.04 bits per heavy atom. The van der Waals surface area contributed by atoms with Gasteiger partial charge in [-0.2, -0.15) is 0 Å². The number of amides is 2. The van der Waals surface area contributed by atoms with Crippen LogP contribution in [0.25, 0.3) is 5.57 Å². The van der Waals surface area contributed by atoms with Crippen molar-refractivity contribution in [2.45, 2.75) is 0 Å². The number of carbonyl (C=O) groups is 2. The van der Waals surface area contributed by atoms with Crippen molar-refractivity contribution in [3.8, 4) is 11.5 Å². The molecular formula is C18H14N2O4S. The van der Waals surface area contributed by atoms with Gasteiger partial charge in [-0.15, -0.1) is 17.9 Å². The van der Waals surface area contributed by atoms with Crippen LogP contribution in [-0.2, 0) is 9.59 Å². The third-order valence-corrected chi connectivity index (χ3v) is 4.78. The highest BCUT2D eigenvalue weighted by Gasteiger charge is 2.39. The zero-order chi connectivity index (χ0) is 17.4. The van der Waals surface area contributed by atoms with E-state index in [4.69, 9.17) is 9.47 Å². The van der Waals surface area contributed by atoms with Crippen LogP contribution in [-0.4, -0.2) is 30.1 Å². The molecule has 0 saturated heterocycles. The first-order chi connectivity index (χ1) is 12.2. The number of hydrogen-bond donors (Lipinski definition) is 1. The minimum Gasteiger partial charge on any atom is -0.454 e. The van der Waals surface area contributed by atoms with E-state index in [1.54, 1.807) is 18.2 Å². The van der Waals surface area contributed by atoms with Gasteiger partial charge >= 0.3 is 0 Å². The number of fused-ring (bicyclic) bond motifs is 1. The van der Waals surface area contributed by atoms with E-state index in [9.17, 15) is 9.59 Å². The highest BCUT2D eigenvalue weighted by atomic mass is 32.1. The quantitative estimate of drug-likeness (QED) is 0.661. The van der Waals surface area contributed by atoms with Gasteiger partial charge in [0, 0.05) is 23.2 Å². The maximum atomic E-state index is 12.7. The van der Waals surface area contributed by atoms with Gasteiger partial charge in [0.1, 0.15) is 5.70 Å². The lowest BCUT2D eigenvalue weighted by Crippen LogP contribution is -2.32. The van der Waals surface area contributed by atoms with Crippen LogP contribution in [0, 0.1) is 0 Å². The van der Waals surface area contributed by atoms with Gasteiger partial charge in [0.25, 0.3) is 11.8 Å². The molecule has 1 aromatic heterocycles. The zero-order valence-corrected chi connectivity index (χ0v) is 14.0. The molecule has 0 aliphatic carbocycles. The largest absolute Gasteiger partial charge is 0.454 e. The second-order valence-electron chi connectivity index (χ2n) is 5.43. The van der Waals surface area contributed by atoms with Crippen molar-refractivity contribution >= 4 is 34.4 Å². The topological polar surface area (TPSA) is 67.9 Å². The molecule has 0 unspecified atom stereocenters. The molecule has 0 bridgehead atoms. The van der Waals surface area contributed by atoms with E-state index in [0.29, 0.717) is 22.8 Å². The standard InChI is InChI=1S/C18H14N2O4S/c1-2-7-20-17(21)15(14-4-3-8-25-14)16(18(20)22)19-11-5-6-12-13(9-11)24-10-23-12/h2-6,8-9,19H,1,7,10H2. The molecule has 2 aliphatic rings. The molecule has 6 nitrogen and oxygen atoms in total. The molecule has 2 amide bonds. The Labute approximate surface area is 148 Å². The summed E-state index contributed by atoms with van der Waals surface area (Å²) in [5.41, 5.74) is 1.28. The highest BCUT2D eigenvalue weighted by Crippen LogP contribution is 2.37. The molecule has 7 heteroatoms. The molecule has 0 fully saturated rings. The molecule has 4 rings (SSSR count). The summed E-state index contributed by atoms with van der Waals surface area (Å²) in [6.07, 6.45) is 1.53. The molecule has 0 spiro atoms. The van der Waals surface area contributed by atoms with Crippen molar-refractivity contribution in [2.24, 2.45) is 0 Å². The van der Waals surface area contributed by atoms with Crippen LogP contribution >= 0.6 is 11.3 Å². The average Bonchev–Trinajstić information content (AvgIpc) is 3.32. The first kappa shape index (κ1) is 15.5. The predicted molar refractivity (Wildman–Crippen MR) is 94.3 cm³/mol. The number of imide groups is 1. The fraction of sp³-hybridized carbons (Fsp3) is 0.111. The molecule has 2 aliphatic heterocycles. The van der Waals surface area contributed by atoms with Gasteiger partial charge in [-0.1, -0.05) is 12.1 Å². The maximum absolute atomic E-state index is 12.7. The summed E-state index contributed by atoms with van der Waals surface area (Å²) in [7, 11) is 0. The van der Waals surface area contributed by atoms with E-state index in [1.165, 1.54) is 22.3 Å². The fourth-order valence-electron chi connectivity index (χ4n) is 2.75. The average molecular weight is 354 g/mol. The van der Waals surface area contributed by atoms with Crippen molar-refractivity contribution in [2.75, 3.05) is 18.7 Å². The Morgan fingerprint density at radius 1 is 1.20 bits per heavy atom. The third kappa shape index (κ3) is 2.58. The molecule has 25 heavy (non-hydrogen) atoms. The minimum absolute atomic E-state index is 0.166. The third-order valence-electron chi connectivity index (χ3n) is 3.89. The van der Waals surface area contributed by atoms with E-state index < -0.39 is 0 Å². The van der Waals surface area contributed by atoms with Crippen molar-refractivity contribution in [1.29, 1.82) is 0 Å². The number of carbonyl (C=O) groups excluding carboxylic acids is 2. The number of nitrogens with one attached hydrogen (secondary N) is 1. The van der Waals surface area contributed by atoms with E-state index in [0.717, 1.165) is 4.88 Å². The number of ether oxygens (including phenoxy) is 2. The van der Waals surface area contributed by atoms with Crippen molar-refractivity contribution in [3.63, 3.8) is 0 Å². The highest BCUT2D eigenvalue weighted by molar-refractivity contribution is 7.11. The number of nitrogens with zero attached hydrogens (tertiary/aromatic N) is 1. The number of thiophene rings is 1. The number of anilines is 1. The fourth-order valence-corrected chi connectivity index (χ4v) is 3.52. The second kappa shape index (κ2) is 6.10. The molecule has 0 atom stereocenters. The lowest BCUT2D eigenvalue weighted by atomic mass is 10.2. The molecule has 0 radical (unpaired) electrons. The first-order valence-corrected chi connectivity index (χ1v) is 8.49. The summed E-state index contributed by atoms with van der Waals surface area (Å²) in [4.78, 5) is 27.4. The molecule has 126 valence electrons. The summed E-state index contributed by atoms with van der Waals surface area (Å²) < 4.78 is 10.6. The molecular weight excluding hydrogens is 340 g/mol. The van der Waals surface area contributed by atoms with Crippen molar-refractivity contribution in [3.05, 3.63) is 58.9 Å². The number of benzene rings is 1. The predicted octanol–water partition coefficient (Wildman–Crippen LogP) is 2.85. The molecule has 1 aromatic carbocycles. The monoisotopic (exact) mass is 354 g/mol. The van der Waals surface area contributed by atoms with Crippen LogP contribution < -0.4 is 14.8 Å². The summed E-state index contributed by atoms with van der Waals surface area (Å²) >= 11 is 1.41. The van der Waals surface area contributed by atoms with E-state index in [-0.39, 0.29) is 30.8 Å². The molecule has 1 N–H and O–H groups in total. The number of hydrogen-bond acceptors (Lipinski definition) is 6. The van der Waals surface area contributed by atoms with Crippen LogP contribution in [0.1, 0.15) is 4.88 Å². The summed E-state index contributed by atoms with van der Waals surface area (Å²) in [6, 6.07) is 8.96. The smallest absolute Gasteiger partial charge is 0.278 e. The Morgan fingerprint density at radius 3 is 2.80 bits per heavy atom. The molecule has 3 heterocycles. The van der Waals surface area contributed by atoms with Gasteiger partial charge in [-0.3, -0.25) is 14.5 Å². The van der Waals surface area contributed by atoms with Crippen molar-refractivity contribution in [1.82, 2.24) is 4.90 Å². The van der Waals surface area contributed by atoms with Crippen LogP contribution in [0.4, 0.5) is 5.69 Å². The van der Waals surface area contributed by atoms with E-state index >= 15 is 0 Å². The van der Waals surface area contributed by atoms with E-state index in [1.807, 2.05) is 17.5 Å². The van der Waals surface area contributed by atoms with Crippen LogP contribution in [0.5, 0.6) is 11.5 Å². The second-order valence-corrected chi connectivity index (χ2v) is 6.38. The van der Waals surface area contributed by atoms with Gasteiger partial charge < -0.3 is 14.8 Å². The summed E-state index contributed by atoms with van der Waals surface area (Å²) in [5.74, 6) is 0.560. The lowest BCUT2D eigenvalue weighted by Gasteiger charge is -2.12. The first-order valence-electron chi connectivity index (χ1n) is 7.61. The van der Waals surface area contributed by atoms with Gasteiger partial charge in [-0.05, 0) is 23.6 Å². The maximum Gasteiger partial charge on any atom is 0.278 e. The Balaban J connectivity index is 1.74. The van der Waals surface area contributed by atoms with Gasteiger partial charge in [0.2, 0.25) is 6.79 Å². The van der Waals surface area contributed by atoms with Crippen molar-refractivity contribution < 1.29 is 19.1 Å². The summed E-state index contributed by atoms with van der Waals surface area (Å²) in [5, 5.41) is 4.95. The lowest BCUT2D eigenvalue weighted by molar-refractivity contribution is -0.136. The zero-order valence-electron chi connectivity index (χ0n) is 13.2. The number of rotatable bonds is 5. The molecule has 2 aromatic rings. The van der Waals surface area contributed by atoms with Gasteiger partial charge in [-0.25, -0.2) is 0 Å². The molecule has 0 saturated carbocycles. The van der Waals surface area contributed by atoms with E-state index in [2.05, 4.69) is 11.9 Å².